The number of rotatable bonds is 6. The van der Waals surface area contributed by atoms with Gasteiger partial charge < -0.3 is 4.90 Å². The van der Waals surface area contributed by atoms with E-state index in [2.05, 4.69) is 11.8 Å². The molecule has 1 fully saturated rings. The highest BCUT2D eigenvalue weighted by Crippen LogP contribution is 2.30. The van der Waals surface area contributed by atoms with Crippen LogP contribution in [0.1, 0.15) is 39.5 Å². The van der Waals surface area contributed by atoms with Gasteiger partial charge in [-0.25, -0.2) is 0 Å². The molecule has 1 rings (SSSR count). The van der Waals surface area contributed by atoms with E-state index < -0.39 is 0 Å². The molecule has 0 aromatic rings. The molecule has 0 spiro atoms. The minimum Gasteiger partial charge on any atom is -0.333 e. The van der Waals surface area contributed by atoms with E-state index in [1.165, 1.54) is 31.0 Å². The second-order valence-corrected chi connectivity index (χ2v) is 5.16. The Morgan fingerprint density at radius 3 is 2.64 bits per heavy atom. The summed E-state index contributed by atoms with van der Waals surface area (Å²) in [5.74, 6) is 1.71. The number of carbonyl (C=O) groups is 1. The van der Waals surface area contributed by atoms with E-state index in [4.69, 9.17) is 0 Å². The fourth-order valence-corrected chi connectivity index (χ4v) is 2.03. The number of unbranched alkanes of at least 4 members (excludes halogenated alkanes) is 1. The summed E-state index contributed by atoms with van der Waals surface area (Å²) in [6.07, 6.45) is 4.97. The maximum absolute atomic E-state index is 11.7. The van der Waals surface area contributed by atoms with Crippen molar-refractivity contribution in [2.75, 3.05) is 18.8 Å². The molecular formula is C11H21NOS. The van der Waals surface area contributed by atoms with Crippen molar-refractivity contribution in [2.45, 2.75) is 39.5 Å². The molecule has 1 saturated carbocycles. The first-order valence-electron chi connectivity index (χ1n) is 5.69. The van der Waals surface area contributed by atoms with E-state index in [-0.39, 0.29) is 5.24 Å². The molecule has 0 N–H and O–H groups in total. The van der Waals surface area contributed by atoms with Gasteiger partial charge in [0, 0.05) is 13.1 Å². The fourth-order valence-electron chi connectivity index (χ4n) is 1.43. The molecular weight excluding hydrogens is 194 g/mol. The lowest BCUT2D eigenvalue weighted by Gasteiger charge is -2.21. The summed E-state index contributed by atoms with van der Waals surface area (Å²) in [6.45, 7) is 6.18. The Kier molecular flexibility index (Phi) is 5.38. The minimum atomic E-state index is 0.285. The lowest BCUT2D eigenvalue weighted by atomic mass is 10.3. The summed E-state index contributed by atoms with van der Waals surface area (Å²) in [6, 6.07) is 0. The Labute approximate surface area is 91.4 Å². The van der Waals surface area contributed by atoms with E-state index in [1.54, 1.807) is 0 Å². The normalized spacial score (nSPS) is 15.6. The van der Waals surface area contributed by atoms with Crippen molar-refractivity contribution in [3.8, 4) is 0 Å². The Hall–Kier alpha value is -0.180. The number of amides is 1. The molecule has 0 radical (unpaired) electrons. The molecule has 0 aliphatic heterocycles. The van der Waals surface area contributed by atoms with Gasteiger partial charge in [-0.15, -0.1) is 0 Å². The summed E-state index contributed by atoms with van der Waals surface area (Å²) in [4.78, 5) is 13.8. The standard InChI is InChI=1S/C11H21NOS/c1-3-5-8-12(9-10-6-7-10)11(13)14-4-2/h10H,3-9H2,1-2H3. The number of carbonyl (C=O) groups excluding carboxylic acids is 1. The molecule has 1 amide bonds. The summed E-state index contributed by atoms with van der Waals surface area (Å²) >= 11 is 1.45. The van der Waals surface area contributed by atoms with Gasteiger partial charge in [0.2, 0.25) is 0 Å². The third-order valence-electron chi connectivity index (χ3n) is 2.48. The van der Waals surface area contributed by atoms with Crippen molar-refractivity contribution in [3.05, 3.63) is 0 Å². The lowest BCUT2D eigenvalue weighted by molar-refractivity contribution is 0.219. The predicted octanol–water partition coefficient (Wildman–Crippen LogP) is 3.37. The highest BCUT2D eigenvalue weighted by Gasteiger charge is 2.26. The van der Waals surface area contributed by atoms with Gasteiger partial charge in [0.15, 0.2) is 0 Å². The largest absolute Gasteiger partial charge is 0.333 e. The van der Waals surface area contributed by atoms with Crippen LogP contribution in [-0.4, -0.2) is 29.0 Å². The summed E-state index contributed by atoms with van der Waals surface area (Å²) in [5.41, 5.74) is 0. The zero-order valence-electron chi connectivity index (χ0n) is 9.29. The topological polar surface area (TPSA) is 20.3 Å². The summed E-state index contributed by atoms with van der Waals surface area (Å²) < 4.78 is 0. The molecule has 0 bridgehead atoms. The Bertz CT molecular complexity index is 180. The molecule has 0 heterocycles. The molecule has 3 heteroatoms. The van der Waals surface area contributed by atoms with Gasteiger partial charge in [-0.3, -0.25) is 4.79 Å². The van der Waals surface area contributed by atoms with Crippen LogP contribution >= 0.6 is 11.8 Å². The van der Waals surface area contributed by atoms with E-state index in [1.807, 2.05) is 6.92 Å². The van der Waals surface area contributed by atoms with Crippen LogP contribution in [-0.2, 0) is 0 Å². The van der Waals surface area contributed by atoms with Gasteiger partial charge in [-0.2, -0.15) is 0 Å². The monoisotopic (exact) mass is 215 g/mol. The molecule has 14 heavy (non-hydrogen) atoms. The van der Waals surface area contributed by atoms with E-state index in [9.17, 15) is 4.79 Å². The van der Waals surface area contributed by atoms with Crippen molar-refractivity contribution in [1.29, 1.82) is 0 Å². The molecule has 0 atom stereocenters. The average molecular weight is 215 g/mol. The van der Waals surface area contributed by atoms with Crippen molar-refractivity contribution in [1.82, 2.24) is 4.90 Å². The number of hydrogen-bond acceptors (Lipinski definition) is 2. The van der Waals surface area contributed by atoms with E-state index >= 15 is 0 Å². The van der Waals surface area contributed by atoms with Crippen LogP contribution in [0.5, 0.6) is 0 Å². The third-order valence-corrected chi connectivity index (χ3v) is 3.28. The van der Waals surface area contributed by atoms with Gasteiger partial charge in [0.25, 0.3) is 5.24 Å². The van der Waals surface area contributed by atoms with Crippen LogP contribution in [0.15, 0.2) is 0 Å². The number of hydrogen-bond donors (Lipinski definition) is 0. The maximum Gasteiger partial charge on any atom is 0.281 e. The second-order valence-electron chi connectivity index (χ2n) is 3.94. The fraction of sp³-hybridized carbons (Fsp3) is 0.909. The molecule has 1 aliphatic rings. The molecule has 0 aromatic carbocycles. The molecule has 82 valence electrons. The van der Waals surface area contributed by atoms with Crippen LogP contribution < -0.4 is 0 Å². The minimum absolute atomic E-state index is 0.285. The van der Waals surface area contributed by atoms with E-state index in [0.29, 0.717) is 0 Å². The van der Waals surface area contributed by atoms with Gasteiger partial charge in [-0.05, 0) is 30.9 Å². The average Bonchev–Trinajstić information content (AvgIpc) is 2.96. The quantitative estimate of drug-likeness (QED) is 0.677. The van der Waals surface area contributed by atoms with Crippen molar-refractivity contribution >= 4 is 17.0 Å². The first-order valence-corrected chi connectivity index (χ1v) is 6.68. The second kappa shape index (κ2) is 6.33. The lowest BCUT2D eigenvalue weighted by Crippen LogP contribution is -2.30. The number of nitrogens with zero attached hydrogens (tertiary/aromatic N) is 1. The predicted molar refractivity (Wildman–Crippen MR) is 62.7 cm³/mol. The molecule has 0 unspecified atom stereocenters. The summed E-state index contributed by atoms with van der Waals surface area (Å²) in [7, 11) is 0. The van der Waals surface area contributed by atoms with Crippen molar-refractivity contribution in [2.24, 2.45) is 5.92 Å². The molecule has 2 nitrogen and oxygen atoms in total. The molecule has 0 saturated heterocycles. The van der Waals surface area contributed by atoms with Gasteiger partial charge in [-0.1, -0.05) is 32.0 Å². The third kappa shape index (κ3) is 4.36. The Morgan fingerprint density at radius 2 is 2.14 bits per heavy atom. The highest BCUT2D eigenvalue weighted by molar-refractivity contribution is 8.13. The SMILES string of the molecule is CCCCN(CC1CC1)C(=O)SCC. The first kappa shape index (κ1) is 11.9. The molecule has 0 aromatic heterocycles. The van der Waals surface area contributed by atoms with Gasteiger partial charge in [0.05, 0.1) is 0 Å². The first-order chi connectivity index (χ1) is 6.77. The van der Waals surface area contributed by atoms with E-state index in [0.717, 1.165) is 31.2 Å². The zero-order chi connectivity index (χ0) is 10.4. The van der Waals surface area contributed by atoms with Crippen LogP contribution in [0.25, 0.3) is 0 Å². The Morgan fingerprint density at radius 1 is 1.43 bits per heavy atom. The van der Waals surface area contributed by atoms with Gasteiger partial charge in [0.1, 0.15) is 0 Å². The van der Waals surface area contributed by atoms with Crippen LogP contribution in [0.2, 0.25) is 0 Å². The smallest absolute Gasteiger partial charge is 0.281 e. The van der Waals surface area contributed by atoms with Crippen molar-refractivity contribution < 1.29 is 4.79 Å². The maximum atomic E-state index is 11.7. The van der Waals surface area contributed by atoms with Crippen LogP contribution in [0, 0.1) is 5.92 Å². The Balaban J connectivity index is 2.29. The highest BCUT2D eigenvalue weighted by atomic mass is 32.2. The van der Waals surface area contributed by atoms with Crippen molar-refractivity contribution in [3.63, 3.8) is 0 Å². The summed E-state index contributed by atoms with van der Waals surface area (Å²) in [5, 5.41) is 0.285. The zero-order valence-corrected chi connectivity index (χ0v) is 10.1. The van der Waals surface area contributed by atoms with Gasteiger partial charge >= 0.3 is 0 Å². The number of thioether (sulfide) groups is 1. The van der Waals surface area contributed by atoms with Crippen LogP contribution in [0.3, 0.4) is 0 Å². The van der Waals surface area contributed by atoms with Crippen LogP contribution in [0.4, 0.5) is 4.79 Å². The molecule has 1 aliphatic carbocycles.